The van der Waals surface area contributed by atoms with E-state index >= 15 is 0 Å². The number of aromatic nitrogens is 1. The van der Waals surface area contributed by atoms with Gasteiger partial charge in [-0.25, -0.2) is 9.37 Å². The quantitative estimate of drug-likeness (QED) is 0.860. The third-order valence-corrected chi connectivity index (χ3v) is 3.45. The lowest BCUT2D eigenvalue weighted by atomic mass is 10.2. The number of hydrogen-bond donors (Lipinski definition) is 1. The number of hydrogen-bond acceptors (Lipinski definition) is 3. The Hall–Kier alpha value is -1.40. The first-order chi connectivity index (χ1) is 9.08. The summed E-state index contributed by atoms with van der Waals surface area (Å²) >= 11 is 4.67. The molecule has 1 N–H and O–H groups in total. The Morgan fingerprint density at radius 2 is 2.16 bits per heavy atom. The van der Waals surface area contributed by atoms with Gasteiger partial charge in [-0.1, -0.05) is 15.9 Å². The summed E-state index contributed by atoms with van der Waals surface area (Å²) in [6.07, 6.45) is 3.49. The second-order valence-corrected chi connectivity index (χ2v) is 5.44. The molecule has 1 aromatic heterocycles. The van der Waals surface area contributed by atoms with Gasteiger partial charge in [0.1, 0.15) is 5.82 Å². The maximum absolute atomic E-state index is 13.2. The zero-order valence-corrected chi connectivity index (χ0v) is 12.4. The van der Waals surface area contributed by atoms with E-state index in [-0.39, 0.29) is 11.5 Å². The summed E-state index contributed by atoms with van der Waals surface area (Å²) in [7, 11) is 0. The molecule has 0 aliphatic heterocycles. The number of amides is 1. The molecule has 1 amide bonds. The van der Waals surface area contributed by atoms with Gasteiger partial charge < -0.3 is 5.32 Å². The van der Waals surface area contributed by atoms with Crippen LogP contribution in [0, 0.1) is 5.82 Å². The highest BCUT2D eigenvalue weighted by molar-refractivity contribution is 9.10. The zero-order chi connectivity index (χ0) is 13.8. The van der Waals surface area contributed by atoms with Crippen LogP contribution in [-0.4, -0.2) is 17.1 Å². The van der Waals surface area contributed by atoms with Crippen molar-refractivity contribution in [3.63, 3.8) is 0 Å². The van der Waals surface area contributed by atoms with Crippen molar-refractivity contribution in [2.45, 2.75) is 5.03 Å². The van der Waals surface area contributed by atoms with E-state index in [9.17, 15) is 9.18 Å². The highest BCUT2D eigenvalue weighted by Gasteiger charge is 2.09. The molecule has 1 aromatic carbocycles. The van der Waals surface area contributed by atoms with Crippen molar-refractivity contribution in [2.75, 3.05) is 11.6 Å². The topological polar surface area (TPSA) is 42.0 Å². The van der Waals surface area contributed by atoms with Gasteiger partial charge in [0, 0.05) is 10.0 Å². The Labute approximate surface area is 122 Å². The summed E-state index contributed by atoms with van der Waals surface area (Å²) in [5.74, 6) is -0.839. The fraction of sp³-hybridized carbons (Fsp3) is 0.0769. The van der Waals surface area contributed by atoms with Gasteiger partial charge >= 0.3 is 0 Å². The summed E-state index contributed by atoms with van der Waals surface area (Å²) in [5, 5.41) is 3.53. The normalized spacial score (nSPS) is 10.3. The predicted octanol–water partition coefficient (Wildman–Crippen LogP) is 3.96. The SMILES string of the molecule is CSc1ccc(NC(=O)c2cc(F)cc(Br)c2)cn1. The second-order valence-electron chi connectivity index (χ2n) is 3.70. The molecule has 3 nitrogen and oxygen atoms in total. The molecule has 0 atom stereocenters. The molecule has 98 valence electrons. The zero-order valence-electron chi connectivity index (χ0n) is 9.98. The van der Waals surface area contributed by atoms with Crippen LogP contribution in [0.4, 0.5) is 10.1 Å². The number of nitrogens with zero attached hydrogens (tertiary/aromatic N) is 1. The van der Waals surface area contributed by atoms with Gasteiger partial charge in [0.15, 0.2) is 0 Å². The van der Waals surface area contributed by atoms with E-state index in [1.807, 2.05) is 12.3 Å². The molecule has 1 heterocycles. The van der Waals surface area contributed by atoms with Crippen LogP contribution in [-0.2, 0) is 0 Å². The van der Waals surface area contributed by atoms with E-state index in [0.717, 1.165) is 5.03 Å². The van der Waals surface area contributed by atoms with Crippen LogP contribution in [0.25, 0.3) is 0 Å². The number of carbonyl (C=O) groups excluding carboxylic acids is 1. The third kappa shape index (κ3) is 3.78. The fourth-order valence-electron chi connectivity index (χ4n) is 1.46. The van der Waals surface area contributed by atoms with Crippen molar-refractivity contribution in [3.05, 3.63) is 52.4 Å². The Balaban J connectivity index is 2.15. The van der Waals surface area contributed by atoms with Gasteiger partial charge in [-0.05, 0) is 36.6 Å². The van der Waals surface area contributed by atoms with Crippen LogP contribution < -0.4 is 5.32 Å². The first kappa shape index (κ1) is 14.0. The first-order valence-corrected chi connectivity index (χ1v) is 7.38. The molecule has 0 aliphatic carbocycles. The van der Waals surface area contributed by atoms with Gasteiger partial charge in [-0.15, -0.1) is 11.8 Å². The molecule has 2 aromatic rings. The van der Waals surface area contributed by atoms with E-state index in [2.05, 4.69) is 26.2 Å². The van der Waals surface area contributed by atoms with Gasteiger partial charge in [0.25, 0.3) is 5.91 Å². The van der Waals surface area contributed by atoms with Crippen molar-refractivity contribution in [3.8, 4) is 0 Å². The van der Waals surface area contributed by atoms with Gasteiger partial charge in [-0.3, -0.25) is 4.79 Å². The summed E-state index contributed by atoms with van der Waals surface area (Å²) in [6, 6.07) is 7.60. The standard InChI is InChI=1S/C13H10BrFN2OS/c1-19-12-3-2-11(7-16-12)17-13(18)8-4-9(14)6-10(15)5-8/h2-7H,1H3,(H,17,18). The number of anilines is 1. The van der Waals surface area contributed by atoms with Crippen LogP contribution in [0.2, 0.25) is 0 Å². The molecule has 0 spiro atoms. The Kier molecular flexibility index (Phi) is 4.55. The summed E-state index contributed by atoms with van der Waals surface area (Å²) in [4.78, 5) is 16.1. The lowest BCUT2D eigenvalue weighted by molar-refractivity contribution is 0.102. The minimum Gasteiger partial charge on any atom is -0.321 e. The second kappa shape index (κ2) is 6.16. The predicted molar refractivity (Wildman–Crippen MR) is 78.1 cm³/mol. The molecule has 0 saturated heterocycles. The number of carbonyl (C=O) groups is 1. The molecular weight excluding hydrogens is 331 g/mol. The van der Waals surface area contributed by atoms with E-state index in [1.165, 1.54) is 23.9 Å². The van der Waals surface area contributed by atoms with E-state index in [4.69, 9.17) is 0 Å². The summed E-state index contributed by atoms with van der Waals surface area (Å²) in [6.45, 7) is 0. The Bertz CT molecular complexity index is 584. The number of nitrogens with one attached hydrogen (secondary N) is 1. The maximum atomic E-state index is 13.2. The first-order valence-electron chi connectivity index (χ1n) is 5.36. The smallest absolute Gasteiger partial charge is 0.255 e. The summed E-state index contributed by atoms with van der Waals surface area (Å²) in [5.41, 5.74) is 0.823. The van der Waals surface area contributed by atoms with Gasteiger partial charge in [-0.2, -0.15) is 0 Å². The molecule has 19 heavy (non-hydrogen) atoms. The maximum Gasteiger partial charge on any atom is 0.255 e. The molecule has 0 saturated carbocycles. The minimum atomic E-state index is -0.463. The highest BCUT2D eigenvalue weighted by atomic mass is 79.9. The van der Waals surface area contributed by atoms with E-state index < -0.39 is 5.82 Å². The monoisotopic (exact) mass is 340 g/mol. The molecule has 0 bridgehead atoms. The largest absolute Gasteiger partial charge is 0.321 e. The summed E-state index contributed by atoms with van der Waals surface area (Å²) < 4.78 is 13.7. The third-order valence-electron chi connectivity index (χ3n) is 2.33. The number of halogens is 2. The van der Waals surface area contributed by atoms with E-state index in [0.29, 0.717) is 10.2 Å². The van der Waals surface area contributed by atoms with E-state index in [1.54, 1.807) is 18.3 Å². The van der Waals surface area contributed by atoms with Crippen LogP contribution in [0.5, 0.6) is 0 Å². The van der Waals surface area contributed by atoms with Gasteiger partial charge in [0.05, 0.1) is 16.9 Å². The molecule has 0 aliphatic rings. The van der Waals surface area contributed by atoms with Crippen LogP contribution in [0.3, 0.4) is 0 Å². The molecule has 2 rings (SSSR count). The molecular formula is C13H10BrFN2OS. The number of rotatable bonds is 3. The van der Waals surface area contributed by atoms with Crippen LogP contribution >= 0.6 is 27.7 Å². The number of benzene rings is 1. The number of pyridine rings is 1. The molecule has 0 unspecified atom stereocenters. The van der Waals surface area contributed by atoms with Crippen molar-refractivity contribution in [1.29, 1.82) is 0 Å². The van der Waals surface area contributed by atoms with Crippen LogP contribution in [0.15, 0.2) is 46.0 Å². The van der Waals surface area contributed by atoms with Crippen molar-refractivity contribution in [1.82, 2.24) is 4.98 Å². The Morgan fingerprint density at radius 1 is 1.37 bits per heavy atom. The fourth-order valence-corrected chi connectivity index (χ4v) is 2.29. The van der Waals surface area contributed by atoms with Crippen LogP contribution in [0.1, 0.15) is 10.4 Å². The molecule has 0 radical (unpaired) electrons. The molecule has 6 heteroatoms. The van der Waals surface area contributed by atoms with Crippen molar-refractivity contribution < 1.29 is 9.18 Å². The minimum absolute atomic E-state index is 0.251. The van der Waals surface area contributed by atoms with Gasteiger partial charge in [0.2, 0.25) is 0 Å². The number of thioether (sulfide) groups is 1. The molecule has 0 fully saturated rings. The van der Waals surface area contributed by atoms with Crippen molar-refractivity contribution >= 4 is 39.3 Å². The average Bonchev–Trinajstić information content (AvgIpc) is 2.38. The lowest BCUT2D eigenvalue weighted by Gasteiger charge is -2.06. The highest BCUT2D eigenvalue weighted by Crippen LogP contribution is 2.17. The van der Waals surface area contributed by atoms with Crippen molar-refractivity contribution in [2.24, 2.45) is 0 Å². The average molecular weight is 341 g/mol. The lowest BCUT2D eigenvalue weighted by Crippen LogP contribution is -2.12. The Morgan fingerprint density at radius 3 is 2.74 bits per heavy atom.